The summed E-state index contributed by atoms with van der Waals surface area (Å²) in [6, 6.07) is 10.9. The van der Waals surface area contributed by atoms with Crippen LogP contribution in [0.15, 0.2) is 55.0 Å². The van der Waals surface area contributed by atoms with Gasteiger partial charge in [0.2, 0.25) is 0 Å². The predicted molar refractivity (Wildman–Crippen MR) is 96.7 cm³/mol. The highest BCUT2D eigenvalue weighted by Crippen LogP contribution is 2.27. The second kappa shape index (κ2) is 8.15. The summed E-state index contributed by atoms with van der Waals surface area (Å²) >= 11 is 0. The molecule has 0 spiro atoms. The van der Waals surface area contributed by atoms with Crippen LogP contribution in [0.4, 0.5) is 0 Å². The molecular weight excluding hydrogens is 332 g/mol. The molecule has 0 aliphatic rings. The second-order valence-electron chi connectivity index (χ2n) is 5.46. The van der Waals surface area contributed by atoms with E-state index in [-0.39, 0.29) is 5.91 Å². The number of nitrogens with one attached hydrogen (secondary N) is 1. The van der Waals surface area contributed by atoms with Crippen LogP contribution in [0.1, 0.15) is 22.8 Å². The Bertz CT molecular complexity index is 861. The SMILES string of the molecule is CCOc1ccc(CNC(=O)c2ccc(-n3cccn3)nc2)cc1OC. The molecule has 2 aromatic heterocycles. The van der Waals surface area contributed by atoms with Crippen molar-refractivity contribution in [1.82, 2.24) is 20.1 Å². The normalized spacial score (nSPS) is 10.4. The summed E-state index contributed by atoms with van der Waals surface area (Å²) < 4.78 is 12.4. The molecule has 1 N–H and O–H groups in total. The molecule has 0 fully saturated rings. The summed E-state index contributed by atoms with van der Waals surface area (Å²) in [4.78, 5) is 16.6. The van der Waals surface area contributed by atoms with Gasteiger partial charge in [0, 0.05) is 25.1 Å². The van der Waals surface area contributed by atoms with Crippen LogP contribution >= 0.6 is 0 Å². The number of ether oxygens (including phenoxy) is 2. The Kier molecular flexibility index (Phi) is 5.48. The van der Waals surface area contributed by atoms with Gasteiger partial charge in [0.05, 0.1) is 19.3 Å². The van der Waals surface area contributed by atoms with Crippen LogP contribution in [0.25, 0.3) is 5.82 Å². The molecule has 0 aliphatic heterocycles. The van der Waals surface area contributed by atoms with Gasteiger partial charge in [0.25, 0.3) is 5.91 Å². The van der Waals surface area contributed by atoms with E-state index < -0.39 is 0 Å². The molecule has 7 heteroatoms. The average molecular weight is 352 g/mol. The van der Waals surface area contributed by atoms with Crippen molar-refractivity contribution in [2.75, 3.05) is 13.7 Å². The number of amides is 1. The summed E-state index contributed by atoms with van der Waals surface area (Å²) in [6.07, 6.45) is 5.00. The van der Waals surface area contributed by atoms with Gasteiger partial charge in [0.1, 0.15) is 0 Å². The van der Waals surface area contributed by atoms with E-state index in [1.54, 1.807) is 36.3 Å². The van der Waals surface area contributed by atoms with E-state index >= 15 is 0 Å². The Hall–Kier alpha value is -3.35. The molecule has 134 valence electrons. The van der Waals surface area contributed by atoms with Gasteiger partial charge in [-0.1, -0.05) is 6.07 Å². The van der Waals surface area contributed by atoms with Crippen LogP contribution in [0, 0.1) is 0 Å². The molecular formula is C19H20N4O3. The predicted octanol–water partition coefficient (Wildman–Crippen LogP) is 2.60. The highest BCUT2D eigenvalue weighted by molar-refractivity contribution is 5.93. The first-order valence-corrected chi connectivity index (χ1v) is 8.25. The smallest absolute Gasteiger partial charge is 0.253 e. The van der Waals surface area contributed by atoms with Crippen LogP contribution in [0.3, 0.4) is 0 Å². The highest BCUT2D eigenvalue weighted by Gasteiger charge is 2.09. The molecule has 7 nitrogen and oxygen atoms in total. The monoisotopic (exact) mass is 352 g/mol. The van der Waals surface area contributed by atoms with Gasteiger partial charge in [-0.15, -0.1) is 0 Å². The Morgan fingerprint density at radius 2 is 2.12 bits per heavy atom. The fourth-order valence-corrected chi connectivity index (χ4v) is 2.44. The first-order chi connectivity index (χ1) is 12.7. The van der Waals surface area contributed by atoms with Crippen molar-refractivity contribution < 1.29 is 14.3 Å². The number of methoxy groups -OCH3 is 1. The van der Waals surface area contributed by atoms with Crippen molar-refractivity contribution in [3.8, 4) is 17.3 Å². The molecule has 3 rings (SSSR count). The van der Waals surface area contributed by atoms with E-state index in [1.165, 1.54) is 6.20 Å². The van der Waals surface area contributed by atoms with Gasteiger partial charge in [0.15, 0.2) is 17.3 Å². The minimum absolute atomic E-state index is 0.197. The molecule has 1 amide bonds. The number of aromatic nitrogens is 3. The van der Waals surface area contributed by atoms with Crippen LogP contribution < -0.4 is 14.8 Å². The number of rotatable bonds is 7. The molecule has 26 heavy (non-hydrogen) atoms. The van der Waals surface area contributed by atoms with Crippen molar-refractivity contribution in [3.05, 3.63) is 66.1 Å². The van der Waals surface area contributed by atoms with E-state index in [4.69, 9.17) is 9.47 Å². The third-order valence-corrected chi connectivity index (χ3v) is 3.73. The molecule has 0 atom stereocenters. The number of hydrogen-bond donors (Lipinski definition) is 1. The molecule has 2 heterocycles. The standard InChI is InChI=1S/C19H20N4O3/c1-3-26-16-7-5-14(11-17(16)25-2)12-21-19(24)15-6-8-18(20-13-15)23-10-4-9-22-23/h4-11,13H,3,12H2,1-2H3,(H,21,24). The molecule has 3 aromatic rings. The number of nitrogens with zero attached hydrogens (tertiary/aromatic N) is 3. The molecule has 0 radical (unpaired) electrons. The van der Waals surface area contributed by atoms with Gasteiger partial charge >= 0.3 is 0 Å². The maximum atomic E-state index is 12.3. The molecule has 0 unspecified atom stereocenters. The van der Waals surface area contributed by atoms with Gasteiger partial charge < -0.3 is 14.8 Å². The first kappa shape index (κ1) is 17.5. The zero-order valence-electron chi connectivity index (χ0n) is 14.7. The summed E-state index contributed by atoms with van der Waals surface area (Å²) in [7, 11) is 1.59. The van der Waals surface area contributed by atoms with Gasteiger partial charge in [-0.05, 0) is 42.8 Å². The largest absolute Gasteiger partial charge is 0.493 e. The number of pyridine rings is 1. The number of carbonyl (C=O) groups excluding carboxylic acids is 1. The summed E-state index contributed by atoms with van der Waals surface area (Å²) in [5, 5.41) is 6.98. The van der Waals surface area contributed by atoms with Crippen LogP contribution in [0.2, 0.25) is 0 Å². The number of hydrogen-bond acceptors (Lipinski definition) is 5. The minimum atomic E-state index is -0.197. The molecule has 0 saturated carbocycles. The Labute approximate surface area is 151 Å². The van der Waals surface area contributed by atoms with Crippen LogP contribution in [-0.2, 0) is 6.54 Å². The van der Waals surface area contributed by atoms with Crippen LogP contribution in [0.5, 0.6) is 11.5 Å². The van der Waals surface area contributed by atoms with E-state index in [9.17, 15) is 4.79 Å². The zero-order chi connectivity index (χ0) is 18.4. The van der Waals surface area contributed by atoms with E-state index in [0.29, 0.717) is 36.0 Å². The third-order valence-electron chi connectivity index (χ3n) is 3.73. The lowest BCUT2D eigenvalue weighted by molar-refractivity contribution is 0.0950. The maximum absolute atomic E-state index is 12.3. The van der Waals surface area contributed by atoms with E-state index in [1.807, 2.05) is 31.2 Å². The summed E-state index contributed by atoms with van der Waals surface area (Å²) in [5.74, 6) is 1.78. The molecule has 0 saturated heterocycles. The summed E-state index contributed by atoms with van der Waals surface area (Å²) in [6.45, 7) is 2.86. The minimum Gasteiger partial charge on any atom is -0.493 e. The Balaban J connectivity index is 1.63. The second-order valence-corrected chi connectivity index (χ2v) is 5.46. The van der Waals surface area contributed by atoms with Crippen molar-refractivity contribution in [1.29, 1.82) is 0 Å². The maximum Gasteiger partial charge on any atom is 0.253 e. The lowest BCUT2D eigenvalue weighted by Gasteiger charge is -2.11. The summed E-state index contributed by atoms with van der Waals surface area (Å²) in [5.41, 5.74) is 1.40. The average Bonchev–Trinajstić information content (AvgIpc) is 3.22. The van der Waals surface area contributed by atoms with Crippen LogP contribution in [-0.4, -0.2) is 34.4 Å². The zero-order valence-corrected chi connectivity index (χ0v) is 14.7. The van der Waals surface area contributed by atoms with Gasteiger partial charge in [-0.25, -0.2) is 9.67 Å². The van der Waals surface area contributed by atoms with Crippen molar-refractivity contribution in [2.45, 2.75) is 13.5 Å². The topological polar surface area (TPSA) is 78.3 Å². The Morgan fingerprint density at radius 1 is 1.23 bits per heavy atom. The molecule has 0 aliphatic carbocycles. The molecule has 0 bridgehead atoms. The fourth-order valence-electron chi connectivity index (χ4n) is 2.44. The first-order valence-electron chi connectivity index (χ1n) is 8.25. The van der Waals surface area contributed by atoms with Gasteiger partial charge in [-0.3, -0.25) is 4.79 Å². The van der Waals surface area contributed by atoms with Gasteiger partial charge in [-0.2, -0.15) is 5.10 Å². The fraction of sp³-hybridized carbons (Fsp3) is 0.211. The third kappa shape index (κ3) is 4.00. The van der Waals surface area contributed by atoms with Crippen molar-refractivity contribution >= 4 is 5.91 Å². The Morgan fingerprint density at radius 3 is 2.77 bits per heavy atom. The number of carbonyl (C=O) groups is 1. The quantitative estimate of drug-likeness (QED) is 0.707. The highest BCUT2D eigenvalue weighted by atomic mass is 16.5. The van der Waals surface area contributed by atoms with Crippen molar-refractivity contribution in [3.63, 3.8) is 0 Å². The lowest BCUT2D eigenvalue weighted by atomic mass is 10.2. The van der Waals surface area contributed by atoms with E-state index in [0.717, 1.165) is 5.56 Å². The van der Waals surface area contributed by atoms with Crippen molar-refractivity contribution in [2.24, 2.45) is 0 Å². The van der Waals surface area contributed by atoms with E-state index in [2.05, 4.69) is 15.4 Å². The lowest BCUT2D eigenvalue weighted by Crippen LogP contribution is -2.23. The molecule has 1 aromatic carbocycles. The number of benzene rings is 1.